The van der Waals surface area contributed by atoms with Gasteiger partial charge in [0, 0.05) is 32.8 Å². The van der Waals surface area contributed by atoms with E-state index in [1.165, 1.54) is 54.1 Å². The zero-order chi connectivity index (χ0) is 33.2. The summed E-state index contributed by atoms with van der Waals surface area (Å²) >= 11 is 0. The molecular formula is C46H26N4O. The Morgan fingerprint density at radius 3 is 1.92 bits per heavy atom. The van der Waals surface area contributed by atoms with Crippen molar-refractivity contribution >= 4 is 76.1 Å². The minimum atomic E-state index is 0.644. The summed E-state index contributed by atoms with van der Waals surface area (Å²) in [6.45, 7) is 0. The number of ether oxygens (including phenoxy) is 1. The van der Waals surface area contributed by atoms with Crippen LogP contribution in [0.1, 0.15) is 0 Å². The van der Waals surface area contributed by atoms with E-state index in [9.17, 15) is 0 Å². The number of hydrogen-bond donors (Lipinski definition) is 0. The van der Waals surface area contributed by atoms with Gasteiger partial charge in [0.15, 0.2) is 0 Å². The summed E-state index contributed by atoms with van der Waals surface area (Å²) < 4.78 is 10.9. The van der Waals surface area contributed by atoms with Crippen molar-refractivity contribution < 1.29 is 4.74 Å². The van der Waals surface area contributed by atoms with Crippen molar-refractivity contribution in [3.8, 4) is 34.4 Å². The van der Waals surface area contributed by atoms with Gasteiger partial charge < -0.3 is 9.30 Å². The van der Waals surface area contributed by atoms with Crippen molar-refractivity contribution in [1.29, 1.82) is 0 Å². The van der Waals surface area contributed by atoms with E-state index in [2.05, 4.69) is 137 Å². The molecule has 12 rings (SSSR count). The maximum atomic E-state index is 6.30. The highest BCUT2D eigenvalue weighted by atomic mass is 16.5. The molecule has 0 bridgehead atoms. The Balaban J connectivity index is 1.20. The Labute approximate surface area is 291 Å². The van der Waals surface area contributed by atoms with Crippen LogP contribution in [0.2, 0.25) is 0 Å². The molecular weight excluding hydrogens is 625 g/mol. The molecule has 0 fully saturated rings. The molecule has 0 saturated heterocycles. The second-order valence-corrected chi connectivity index (χ2v) is 13.3. The molecule has 0 atom stereocenters. The first kappa shape index (κ1) is 26.9. The Morgan fingerprint density at radius 2 is 1.04 bits per heavy atom. The monoisotopic (exact) mass is 650 g/mol. The van der Waals surface area contributed by atoms with Gasteiger partial charge in [-0.1, -0.05) is 97.1 Å². The van der Waals surface area contributed by atoms with Crippen LogP contribution in [0.25, 0.3) is 99.0 Å². The maximum Gasteiger partial charge on any atom is 0.235 e. The first-order valence-electron chi connectivity index (χ1n) is 17.3. The topological polar surface area (TPSA) is 44.9 Å². The van der Waals surface area contributed by atoms with Crippen LogP contribution in [0.3, 0.4) is 0 Å². The smallest absolute Gasteiger partial charge is 0.235 e. The number of para-hydroxylation sites is 4. The highest BCUT2D eigenvalue weighted by molar-refractivity contribution is 6.32. The standard InChI is InChI=1S/C46H26N4O/c1-2-11-28(12-3-1)49-35-17-7-5-14-32(35)43-38(49)25-22-27-21-23-30-29(41(27)43)24-26-37-42(30)31-13-4-8-18-36(31)50(37)46-47-34-16-10-20-40-44(34)45(48-46)33-15-6-9-19-39(33)51-40/h1-26H. The minimum absolute atomic E-state index is 0.644. The van der Waals surface area contributed by atoms with E-state index in [0.29, 0.717) is 5.95 Å². The fourth-order valence-electron chi connectivity index (χ4n) is 8.62. The lowest BCUT2D eigenvalue weighted by Gasteiger charge is -2.21. The van der Waals surface area contributed by atoms with Gasteiger partial charge >= 0.3 is 0 Å². The highest BCUT2D eigenvalue weighted by Gasteiger charge is 2.25. The van der Waals surface area contributed by atoms with E-state index >= 15 is 0 Å². The van der Waals surface area contributed by atoms with Crippen molar-refractivity contribution in [1.82, 2.24) is 19.1 Å². The molecule has 5 nitrogen and oxygen atoms in total. The normalized spacial score (nSPS) is 12.5. The van der Waals surface area contributed by atoms with Gasteiger partial charge in [-0.25, -0.2) is 9.97 Å². The third-order valence-corrected chi connectivity index (χ3v) is 10.7. The first-order chi connectivity index (χ1) is 25.3. The SMILES string of the molecule is c1ccc(-n2c3ccccc3c3c4c(ccc5c4ccc4c5c5ccccc5n4-c4nc5c6c(cccc6n4)Oc4ccccc4-5)ccc32)cc1. The second-order valence-electron chi connectivity index (χ2n) is 13.3. The molecule has 0 aliphatic carbocycles. The minimum Gasteiger partial charge on any atom is -0.456 e. The van der Waals surface area contributed by atoms with E-state index in [1.807, 2.05) is 30.3 Å². The van der Waals surface area contributed by atoms with E-state index in [-0.39, 0.29) is 0 Å². The second kappa shape index (κ2) is 9.80. The number of benzene rings is 8. The summed E-state index contributed by atoms with van der Waals surface area (Å²) in [5.74, 6) is 2.24. The van der Waals surface area contributed by atoms with Crippen LogP contribution in [0.4, 0.5) is 0 Å². The number of hydrogen-bond acceptors (Lipinski definition) is 3. The summed E-state index contributed by atoms with van der Waals surface area (Å²) in [6.07, 6.45) is 0. The van der Waals surface area contributed by atoms with E-state index in [1.54, 1.807) is 0 Å². The summed E-state index contributed by atoms with van der Waals surface area (Å²) in [6, 6.07) is 56.0. The van der Waals surface area contributed by atoms with E-state index < -0.39 is 0 Å². The predicted molar refractivity (Wildman–Crippen MR) is 209 cm³/mol. The Hall–Kier alpha value is -6.98. The number of aromatic nitrogens is 4. The van der Waals surface area contributed by atoms with Crippen LogP contribution < -0.4 is 4.74 Å². The molecule has 4 heterocycles. The zero-order valence-corrected chi connectivity index (χ0v) is 27.2. The molecule has 3 aromatic heterocycles. The van der Waals surface area contributed by atoms with Gasteiger partial charge in [-0.15, -0.1) is 0 Å². The molecule has 8 aromatic carbocycles. The molecule has 0 N–H and O–H groups in total. The first-order valence-corrected chi connectivity index (χ1v) is 17.3. The predicted octanol–water partition coefficient (Wildman–Crippen LogP) is 11.9. The van der Waals surface area contributed by atoms with Crippen LogP contribution >= 0.6 is 0 Å². The van der Waals surface area contributed by atoms with E-state index in [4.69, 9.17) is 14.7 Å². The van der Waals surface area contributed by atoms with Crippen LogP contribution in [0.15, 0.2) is 158 Å². The highest BCUT2D eigenvalue weighted by Crippen LogP contribution is 2.47. The van der Waals surface area contributed by atoms with Crippen LogP contribution in [0.5, 0.6) is 11.5 Å². The Bertz CT molecular complexity index is 3280. The van der Waals surface area contributed by atoms with Gasteiger partial charge in [-0.05, 0) is 82.2 Å². The fraction of sp³-hybridized carbons (Fsp3) is 0. The van der Waals surface area contributed by atoms with Crippen molar-refractivity contribution in [2.75, 3.05) is 0 Å². The van der Waals surface area contributed by atoms with Gasteiger partial charge in [0.05, 0.1) is 38.7 Å². The molecule has 0 radical (unpaired) electrons. The molecule has 0 saturated carbocycles. The average Bonchev–Trinajstić information content (AvgIpc) is 3.71. The molecule has 236 valence electrons. The number of nitrogens with zero attached hydrogens (tertiary/aromatic N) is 4. The molecule has 0 unspecified atom stereocenters. The Kier molecular flexibility index (Phi) is 5.17. The molecule has 51 heavy (non-hydrogen) atoms. The molecule has 0 amide bonds. The lowest BCUT2D eigenvalue weighted by Crippen LogP contribution is -2.06. The quantitative estimate of drug-likeness (QED) is 0.175. The van der Waals surface area contributed by atoms with Crippen LogP contribution in [-0.4, -0.2) is 19.1 Å². The molecule has 0 spiro atoms. The van der Waals surface area contributed by atoms with Crippen LogP contribution in [-0.2, 0) is 0 Å². The summed E-state index contributed by atoms with van der Waals surface area (Å²) in [7, 11) is 0. The van der Waals surface area contributed by atoms with Gasteiger partial charge in [0.2, 0.25) is 5.95 Å². The summed E-state index contributed by atoms with van der Waals surface area (Å²) in [4.78, 5) is 10.5. The van der Waals surface area contributed by atoms with Gasteiger partial charge in [0.25, 0.3) is 0 Å². The van der Waals surface area contributed by atoms with Crippen LogP contribution in [0, 0.1) is 0 Å². The summed E-state index contributed by atoms with van der Waals surface area (Å²) in [5, 5.41) is 10.8. The molecule has 11 aromatic rings. The van der Waals surface area contributed by atoms with Crippen molar-refractivity contribution in [2.24, 2.45) is 0 Å². The average molecular weight is 651 g/mol. The zero-order valence-electron chi connectivity index (χ0n) is 27.2. The van der Waals surface area contributed by atoms with Gasteiger partial charge in [-0.3, -0.25) is 4.57 Å². The molecule has 5 heteroatoms. The van der Waals surface area contributed by atoms with E-state index in [0.717, 1.165) is 50.4 Å². The third-order valence-electron chi connectivity index (χ3n) is 10.7. The Morgan fingerprint density at radius 1 is 0.392 bits per heavy atom. The lowest BCUT2D eigenvalue weighted by molar-refractivity contribution is 0.486. The third kappa shape index (κ3) is 3.54. The number of fused-ring (bicyclic) bond motifs is 13. The fourth-order valence-corrected chi connectivity index (χ4v) is 8.62. The summed E-state index contributed by atoms with van der Waals surface area (Å²) in [5.41, 5.74) is 8.43. The van der Waals surface area contributed by atoms with Crippen molar-refractivity contribution in [3.63, 3.8) is 0 Å². The lowest BCUT2D eigenvalue weighted by atomic mass is 9.95. The number of rotatable bonds is 2. The van der Waals surface area contributed by atoms with Gasteiger partial charge in [0.1, 0.15) is 11.5 Å². The van der Waals surface area contributed by atoms with Gasteiger partial charge in [-0.2, -0.15) is 0 Å². The molecule has 1 aliphatic rings. The van der Waals surface area contributed by atoms with Crippen molar-refractivity contribution in [3.05, 3.63) is 158 Å². The maximum absolute atomic E-state index is 6.30. The van der Waals surface area contributed by atoms with Crippen molar-refractivity contribution in [2.45, 2.75) is 0 Å². The largest absolute Gasteiger partial charge is 0.456 e. The molecule has 1 aliphatic heterocycles.